The molecule has 0 aliphatic carbocycles. The van der Waals surface area contributed by atoms with Crippen LogP contribution in [0.5, 0.6) is 5.75 Å². The summed E-state index contributed by atoms with van der Waals surface area (Å²) in [4.78, 5) is 0.297. The largest absolute Gasteiger partial charge is 0.497 e. The molecule has 1 atom stereocenters. The normalized spacial score (nSPS) is 18.7. The second kappa shape index (κ2) is 6.75. The van der Waals surface area contributed by atoms with Gasteiger partial charge in [-0.1, -0.05) is 29.8 Å². The highest BCUT2D eigenvalue weighted by atomic mass is 35.5. The third kappa shape index (κ3) is 3.29. The number of hydrogen-bond donors (Lipinski definition) is 0. The van der Waals surface area contributed by atoms with Crippen molar-refractivity contribution in [3.8, 4) is 5.75 Å². The van der Waals surface area contributed by atoms with E-state index in [2.05, 4.69) is 0 Å². The average molecular weight is 366 g/mol. The standard InChI is InChI=1S/C18H20ClNO3S/c1-13-3-6-16(19)11-18(13)24(21,22)20-10-9-15(12-20)14-4-7-17(23-2)8-5-14/h3-8,11,15H,9-10,12H2,1-2H3. The van der Waals surface area contributed by atoms with Crippen molar-refractivity contribution < 1.29 is 13.2 Å². The van der Waals surface area contributed by atoms with Crippen molar-refractivity contribution in [3.05, 3.63) is 58.6 Å². The van der Waals surface area contributed by atoms with E-state index >= 15 is 0 Å². The Kier molecular flexibility index (Phi) is 4.85. The molecular formula is C18H20ClNO3S. The molecule has 1 aliphatic heterocycles. The van der Waals surface area contributed by atoms with E-state index in [-0.39, 0.29) is 5.92 Å². The van der Waals surface area contributed by atoms with E-state index < -0.39 is 10.0 Å². The zero-order valence-corrected chi connectivity index (χ0v) is 15.3. The van der Waals surface area contributed by atoms with E-state index in [1.165, 1.54) is 6.07 Å². The number of methoxy groups -OCH3 is 1. The van der Waals surface area contributed by atoms with Gasteiger partial charge < -0.3 is 4.74 Å². The van der Waals surface area contributed by atoms with E-state index in [1.54, 1.807) is 30.5 Å². The highest BCUT2D eigenvalue weighted by Gasteiger charge is 2.34. The zero-order valence-electron chi connectivity index (χ0n) is 13.7. The topological polar surface area (TPSA) is 46.6 Å². The van der Waals surface area contributed by atoms with Crippen LogP contribution in [0.4, 0.5) is 0 Å². The van der Waals surface area contributed by atoms with Gasteiger partial charge in [-0.15, -0.1) is 0 Å². The maximum Gasteiger partial charge on any atom is 0.243 e. The molecule has 1 heterocycles. The molecule has 4 nitrogen and oxygen atoms in total. The molecule has 1 saturated heterocycles. The molecule has 0 bridgehead atoms. The Balaban J connectivity index is 1.82. The second-order valence-corrected chi connectivity index (χ2v) is 8.37. The fraction of sp³-hybridized carbons (Fsp3) is 0.333. The number of ether oxygens (including phenoxy) is 1. The molecule has 24 heavy (non-hydrogen) atoms. The average Bonchev–Trinajstić information content (AvgIpc) is 3.08. The number of benzene rings is 2. The Bertz CT molecular complexity index is 834. The third-order valence-corrected chi connectivity index (χ3v) is 6.75. The lowest BCUT2D eigenvalue weighted by Crippen LogP contribution is -2.29. The van der Waals surface area contributed by atoms with Gasteiger partial charge in [-0.25, -0.2) is 8.42 Å². The molecule has 6 heteroatoms. The number of halogens is 1. The summed E-state index contributed by atoms with van der Waals surface area (Å²) >= 11 is 5.99. The van der Waals surface area contributed by atoms with Gasteiger partial charge in [0.1, 0.15) is 5.75 Å². The van der Waals surface area contributed by atoms with Gasteiger partial charge in [0.25, 0.3) is 0 Å². The van der Waals surface area contributed by atoms with Crippen LogP contribution in [-0.2, 0) is 10.0 Å². The molecule has 0 spiro atoms. The Labute approximate surface area is 148 Å². The molecule has 0 saturated carbocycles. The van der Waals surface area contributed by atoms with Gasteiger partial charge in [-0.3, -0.25) is 0 Å². The van der Waals surface area contributed by atoms with Gasteiger partial charge in [0, 0.05) is 18.1 Å². The zero-order chi connectivity index (χ0) is 17.3. The number of nitrogens with zero attached hydrogens (tertiary/aromatic N) is 1. The van der Waals surface area contributed by atoms with Crippen LogP contribution in [0, 0.1) is 6.92 Å². The Morgan fingerprint density at radius 2 is 1.88 bits per heavy atom. The van der Waals surface area contributed by atoms with Crippen LogP contribution >= 0.6 is 11.6 Å². The van der Waals surface area contributed by atoms with Crippen molar-refractivity contribution in [2.45, 2.75) is 24.2 Å². The van der Waals surface area contributed by atoms with Crippen molar-refractivity contribution in [3.63, 3.8) is 0 Å². The summed E-state index contributed by atoms with van der Waals surface area (Å²) in [5.41, 5.74) is 1.85. The first kappa shape index (κ1) is 17.3. The van der Waals surface area contributed by atoms with Crippen LogP contribution in [0.2, 0.25) is 5.02 Å². The second-order valence-electron chi connectivity index (χ2n) is 6.03. The minimum absolute atomic E-state index is 0.199. The van der Waals surface area contributed by atoms with Gasteiger partial charge in [0.05, 0.1) is 12.0 Å². The Hall–Kier alpha value is -1.56. The van der Waals surface area contributed by atoms with Crippen LogP contribution < -0.4 is 4.74 Å². The van der Waals surface area contributed by atoms with E-state index in [9.17, 15) is 8.42 Å². The molecule has 2 aromatic rings. The van der Waals surface area contributed by atoms with Gasteiger partial charge in [-0.2, -0.15) is 4.31 Å². The minimum Gasteiger partial charge on any atom is -0.497 e. The minimum atomic E-state index is -3.52. The summed E-state index contributed by atoms with van der Waals surface area (Å²) in [6, 6.07) is 12.8. The summed E-state index contributed by atoms with van der Waals surface area (Å²) in [7, 11) is -1.89. The molecule has 0 N–H and O–H groups in total. The van der Waals surface area contributed by atoms with E-state index in [0.717, 1.165) is 17.7 Å². The lowest BCUT2D eigenvalue weighted by atomic mass is 9.99. The Morgan fingerprint density at radius 3 is 2.54 bits per heavy atom. The summed E-state index contributed by atoms with van der Waals surface area (Å²) in [5.74, 6) is 1.00. The van der Waals surface area contributed by atoms with E-state index in [1.807, 2.05) is 24.3 Å². The molecule has 2 aromatic carbocycles. The quantitative estimate of drug-likeness (QED) is 0.827. The van der Waals surface area contributed by atoms with Crippen molar-refractivity contribution in [1.29, 1.82) is 0 Å². The van der Waals surface area contributed by atoms with Crippen LogP contribution in [0.1, 0.15) is 23.5 Å². The van der Waals surface area contributed by atoms with Crippen LogP contribution in [0.3, 0.4) is 0 Å². The SMILES string of the molecule is COc1ccc(C2CCN(S(=O)(=O)c3cc(Cl)ccc3C)C2)cc1. The smallest absolute Gasteiger partial charge is 0.243 e. The first-order valence-electron chi connectivity index (χ1n) is 7.82. The number of sulfonamides is 1. The number of aryl methyl sites for hydroxylation is 1. The first-order chi connectivity index (χ1) is 11.4. The fourth-order valence-electron chi connectivity index (χ4n) is 3.09. The molecule has 0 radical (unpaired) electrons. The summed E-state index contributed by atoms with van der Waals surface area (Å²) in [6.45, 7) is 2.80. The predicted octanol–water partition coefficient (Wildman–Crippen LogP) is 3.84. The summed E-state index contributed by atoms with van der Waals surface area (Å²) in [6.07, 6.45) is 0.811. The van der Waals surface area contributed by atoms with Gasteiger partial charge in [-0.05, 0) is 54.7 Å². The fourth-order valence-corrected chi connectivity index (χ4v) is 5.07. The molecule has 0 amide bonds. The summed E-state index contributed by atoms with van der Waals surface area (Å²) in [5, 5.41) is 0.435. The van der Waals surface area contributed by atoms with E-state index in [0.29, 0.717) is 28.6 Å². The van der Waals surface area contributed by atoms with Crippen molar-refractivity contribution in [2.24, 2.45) is 0 Å². The number of hydrogen-bond acceptors (Lipinski definition) is 3. The van der Waals surface area contributed by atoms with Crippen LogP contribution in [-0.4, -0.2) is 32.9 Å². The number of rotatable bonds is 4. The third-order valence-electron chi connectivity index (χ3n) is 4.51. The monoisotopic (exact) mass is 365 g/mol. The maximum absolute atomic E-state index is 12.9. The maximum atomic E-state index is 12.9. The van der Waals surface area contributed by atoms with E-state index in [4.69, 9.17) is 16.3 Å². The van der Waals surface area contributed by atoms with Crippen molar-refractivity contribution in [1.82, 2.24) is 4.31 Å². The predicted molar refractivity (Wildman–Crippen MR) is 95.3 cm³/mol. The lowest BCUT2D eigenvalue weighted by molar-refractivity contribution is 0.414. The molecule has 1 aliphatic rings. The van der Waals surface area contributed by atoms with Crippen molar-refractivity contribution in [2.75, 3.05) is 20.2 Å². The van der Waals surface area contributed by atoms with Gasteiger partial charge in [0.2, 0.25) is 10.0 Å². The Morgan fingerprint density at radius 1 is 1.17 bits per heavy atom. The van der Waals surface area contributed by atoms with Crippen LogP contribution in [0.25, 0.3) is 0 Å². The molecule has 1 unspecified atom stereocenters. The first-order valence-corrected chi connectivity index (χ1v) is 9.64. The molecular weight excluding hydrogens is 346 g/mol. The lowest BCUT2D eigenvalue weighted by Gasteiger charge is -2.18. The molecule has 3 rings (SSSR count). The highest BCUT2D eigenvalue weighted by Crippen LogP contribution is 2.33. The molecule has 128 valence electrons. The van der Waals surface area contributed by atoms with Gasteiger partial charge in [0.15, 0.2) is 0 Å². The van der Waals surface area contributed by atoms with Crippen molar-refractivity contribution >= 4 is 21.6 Å². The molecule has 0 aromatic heterocycles. The highest BCUT2D eigenvalue weighted by molar-refractivity contribution is 7.89. The van der Waals surface area contributed by atoms with Gasteiger partial charge >= 0.3 is 0 Å². The molecule has 1 fully saturated rings. The summed E-state index contributed by atoms with van der Waals surface area (Å²) < 4.78 is 32.6. The van der Waals surface area contributed by atoms with Crippen LogP contribution in [0.15, 0.2) is 47.4 Å².